The lowest BCUT2D eigenvalue weighted by Crippen LogP contribution is -2.41. The third-order valence-electron chi connectivity index (χ3n) is 5.67. The number of benzene rings is 1. The number of rotatable bonds is 9. The van der Waals surface area contributed by atoms with E-state index in [9.17, 15) is 13.9 Å². The number of nitrogens with one attached hydrogen (secondary N) is 2. The van der Waals surface area contributed by atoms with Crippen LogP contribution in [0.5, 0.6) is 5.75 Å². The van der Waals surface area contributed by atoms with E-state index in [0.717, 1.165) is 42.4 Å². The van der Waals surface area contributed by atoms with Crippen molar-refractivity contribution in [1.29, 1.82) is 0 Å². The van der Waals surface area contributed by atoms with E-state index in [4.69, 9.17) is 10.5 Å². The molecule has 0 saturated heterocycles. The van der Waals surface area contributed by atoms with Crippen LogP contribution in [0.15, 0.2) is 35.2 Å². The number of aliphatic imine (C=N–C) groups is 1. The molecule has 0 spiro atoms. The highest BCUT2D eigenvalue weighted by Crippen LogP contribution is 2.33. The molecule has 0 unspecified atom stereocenters. The van der Waals surface area contributed by atoms with Crippen molar-refractivity contribution in [2.75, 3.05) is 13.6 Å². The maximum absolute atomic E-state index is 12.5. The monoisotopic (exact) mass is 450 g/mol. The van der Waals surface area contributed by atoms with Crippen molar-refractivity contribution in [3.8, 4) is 5.75 Å². The van der Waals surface area contributed by atoms with Crippen molar-refractivity contribution >= 4 is 22.6 Å². The van der Waals surface area contributed by atoms with Crippen LogP contribution in [-0.4, -0.2) is 58.8 Å². The van der Waals surface area contributed by atoms with Gasteiger partial charge in [0.15, 0.2) is 0 Å². The SMILES string of the molecule is CN/C(C)=C\C(N)=Nc1cc(OC2CCC(NC[C@@H](O)C(F)F)CC2)cc2c1ncn2C. The number of hydrogen-bond acceptors (Lipinski definition) is 6. The van der Waals surface area contributed by atoms with Gasteiger partial charge in [-0.25, -0.2) is 18.8 Å². The third-order valence-corrected chi connectivity index (χ3v) is 5.67. The first-order valence-electron chi connectivity index (χ1n) is 10.8. The summed E-state index contributed by atoms with van der Waals surface area (Å²) in [4.78, 5) is 8.98. The predicted octanol–water partition coefficient (Wildman–Crippen LogP) is 2.59. The molecule has 1 aliphatic carbocycles. The number of halogens is 2. The van der Waals surface area contributed by atoms with Gasteiger partial charge in [0, 0.05) is 44.5 Å². The van der Waals surface area contributed by atoms with Crippen LogP contribution in [0.25, 0.3) is 11.0 Å². The molecule has 32 heavy (non-hydrogen) atoms. The zero-order chi connectivity index (χ0) is 23.3. The molecule has 8 nitrogen and oxygen atoms in total. The van der Waals surface area contributed by atoms with Gasteiger partial charge >= 0.3 is 0 Å². The summed E-state index contributed by atoms with van der Waals surface area (Å²) in [6.07, 6.45) is 2.29. The van der Waals surface area contributed by atoms with Crippen molar-refractivity contribution in [3.63, 3.8) is 0 Å². The summed E-state index contributed by atoms with van der Waals surface area (Å²) in [6, 6.07) is 3.88. The average Bonchev–Trinajstić information content (AvgIpc) is 3.13. The summed E-state index contributed by atoms with van der Waals surface area (Å²) >= 11 is 0. The van der Waals surface area contributed by atoms with Crippen molar-refractivity contribution in [2.24, 2.45) is 17.8 Å². The zero-order valence-electron chi connectivity index (χ0n) is 18.7. The lowest BCUT2D eigenvalue weighted by atomic mass is 9.93. The van der Waals surface area contributed by atoms with Crippen LogP contribution in [0.4, 0.5) is 14.5 Å². The molecule has 0 amide bonds. The van der Waals surface area contributed by atoms with Gasteiger partial charge < -0.3 is 30.8 Å². The molecular formula is C22H32F2N6O2. The first-order valence-corrected chi connectivity index (χ1v) is 10.8. The number of hydrogen-bond donors (Lipinski definition) is 4. The molecule has 1 aliphatic rings. The van der Waals surface area contributed by atoms with Crippen LogP contribution in [0, 0.1) is 0 Å². The Morgan fingerprint density at radius 1 is 1.38 bits per heavy atom. The van der Waals surface area contributed by atoms with Crippen molar-refractivity contribution < 1.29 is 18.6 Å². The van der Waals surface area contributed by atoms with Gasteiger partial charge in [0.1, 0.15) is 23.2 Å². The van der Waals surface area contributed by atoms with Crippen molar-refractivity contribution in [3.05, 3.63) is 30.2 Å². The Kier molecular flexibility index (Phi) is 8.03. The second kappa shape index (κ2) is 10.7. The number of aliphatic hydroxyl groups is 1. The largest absolute Gasteiger partial charge is 0.490 e. The van der Waals surface area contributed by atoms with Gasteiger partial charge in [-0.1, -0.05) is 0 Å². The molecule has 2 aromatic rings. The van der Waals surface area contributed by atoms with Gasteiger partial charge in [0.05, 0.1) is 23.6 Å². The van der Waals surface area contributed by atoms with E-state index in [2.05, 4.69) is 20.6 Å². The van der Waals surface area contributed by atoms with E-state index in [-0.39, 0.29) is 18.7 Å². The lowest BCUT2D eigenvalue weighted by Gasteiger charge is -2.30. The average molecular weight is 451 g/mol. The van der Waals surface area contributed by atoms with Gasteiger partial charge in [0.2, 0.25) is 0 Å². The van der Waals surface area contributed by atoms with E-state index < -0.39 is 12.5 Å². The summed E-state index contributed by atoms with van der Waals surface area (Å²) in [5.41, 5.74) is 9.24. The summed E-state index contributed by atoms with van der Waals surface area (Å²) in [5.74, 6) is 1.05. The fourth-order valence-corrected chi connectivity index (χ4v) is 3.76. The number of alkyl halides is 2. The second-order valence-corrected chi connectivity index (χ2v) is 8.18. The maximum Gasteiger partial charge on any atom is 0.265 e. The van der Waals surface area contributed by atoms with Crippen LogP contribution in [-0.2, 0) is 7.05 Å². The number of aryl methyl sites for hydroxylation is 1. The lowest BCUT2D eigenvalue weighted by molar-refractivity contribution is -0.00585. The van der Waals surface area contributed by atoms with Crippen molar-refractivity contribution in [1.82, 2.24) is 20.2 Å². The number of allylic oxidation sites excluding steroid dienone is 1. The minimum atomic E-state index is -2.73. The number of amidine groups is 1. The molecule has 1 aromatic carbocycles. The Morgan fingerprint density at radius 3 is 2.75 bits per heavy atom. The number of imidazole rings is 1. The Bertz CT molecular complexity index is 967. The Labute approximate surface area is 186 Å². The van der Waals surface area contributed by atoms with E-state index in [1.54, 1.807) is 12.4 Å². The van der Waals surface area contributed by atoms with Crippen LogP contribution >= 0.6 is 0 Å². The molecule has 1 atom stereocenters. The quantitative estimate of drug-likeness (QED) is 0.345. The molecule has 3 rings (SSSR count). The molecule has 0 bridgehead atoms. The smallest absolute Gasteiger partial charge is 0.265 e. The van der Waals surface area contributed by atoms with E-state index in [1.165, 1.54) is 0 Å². The highest BCUT2D eigenvalue weighted by molar-refractivity contribution is 5.98. The topological polar surface area (TPSA) is 110 Å². The van der Waals surface area contributed by atoms with Gasteiger partial charge in [-0.2, -0.15) is 0 Å². The molecule has 176 valence electrons. The number of aromatic nitrogens is 2. The highest BCUT2D eigenvalue weighted by atomic mass is 19.3. The molecular weight excluding hydrogens is 418 g/mol. The molecule has 10 heteroatoms. The number of nitrogens with zero attached hydrogens (tertiary/aromatic N) is 3. The van der Waals surface area contributed by atoms with Crippen LogP contribution in [0.2, 0.25) is 0 Å². The van der Waals surface area contributed by atoms with Gasteiger partial charge in [-0.05, 0) is 38.7 Å². The van der Waals surface area contributed by atoms with Crippen LogP contribution < -0.4 is 21.1 Å². The van der Waals surface area contributed by atoms with E-state index in [1.807, 2.05) is 37.7 Å². The minimum Gasteiger partial charge on any atom is -0.490 e. The molecule has 1 fully saturated rings. The highest BCUT2D eigenvalue weighted by Gasteiger charge is 2.25. The molecule has 1 aromatic heterocycles. The second-order valence-electron chi connectivity index (χ2n) is 8.18. The zero-order valence-corrected chi connectivity index (χ0v) is 18.7. The minimum absolute atomic E-state index is 0.0133. The molecule has 5 N–H and O–H groups in total. The molecule has 1 heterocycles. The number of fused-ring (bicyclic) bond motifs is 1. The molecule has 0 radical (unpaired) electrons. The Morgan fingerprint density at radius 2 is 2.09 bits per heavy atom. The van der Waals surface area contributed by atoms with Gasteiger partial charge in [0.25, 0.3) is 6.43 Å². The predicted molar refractivity (Wildman–Crippen MR) is 121 cm³/mol. The summed E-state index contributed by atoms with van der Waals surface area (Å²) in [7, 11) is 3.72. The number of ether oxygens (including phenoxy) is 1. The van der Waals surface area contributed by atoms with Gasteiger partial charge in [-0.3, -0.25) is 0 Å². The summed E-state index contributed by atoms with van der Waals surface area (Å²) in [5, 5.41) is 15.3. The van der Waals surface area contributed by atoms with E-state index >= 15 is 0 Å². The summed E-state index contributed by atoms with van der Waals surface area (Å²) in [6.45, 7) is 1.80. The van der Waals surface area contributed by atoms with Crippen molar-refractivity contribution in [2.45, 2.75) is 57.3 Å². The number of nitrogens with two attached hydrogens (primary N) is 1. The Balaban J connectivity index is 1.69. The first-order chi connectivity index (χ1) is 15.3. The number of aliphatic hydroxyl groups excluding tert-OH is 1. The fraction of sp³-hybridized carbons (Fsp3) is 0.545. The van der Waals surface area contributed by atoms with Crippen LogP contribution in [0.1, 0.15) is 32.6 Å². The summed E-state index contributed by atoms with van der Waals surface area (Å²) < 4.78 is 33.1. The first kappa shape index (κ1) is 23.9. The van der Waals surface area contributed by atoms with E-state index in [0.29, 0.717) is 17.3 Å². The normalized spacial score (nSPS) is 21.2. The van der Waals surface area contributed by atoms with Gasteiger partial charge in [-0.15, -0.1) is 0 Å². The Hall–Kier alpha value is -2.72. The fourth-order valence-electron chi connectivity index (χ4n) is 3.76. The standard InChI is InChI=1S/C22H32F2N6O2/c1-13(26-2)8-20(25)29-17-9-16(10-18-21(17)28-12-30(18)3)32-15-6-4-14(5-7-15)27-11-19(31)22(23)24/h8-10,12,14-15,19,22,26-27,31H,4-7,11H2,1-3H3,(H2,25,29)/b13-8-/t14?,15?,19-/m1/s1. The molecule has 1 saturated carbocycles. The maximum atomic E-state index is 12.5. The van der Waals surface area contributed by atoms with Crippen LogP contribution in [0.3, 0.4) is 0 Å². The molecule has 0 aliphatic heterocycles. The third kappa shape index (κ3) is 6.17.